The van der Waals surface area contributed by atoms with Crippen LogP contribution in [-0.4, -0.2) is 37.8 Å². The van der Waals surface area contributed by atoms with Crippen molar-refractivity contribution in [1.29, 1.82) is 0 Å². The van der Waals surface area contributed by atoms with E-state index in [0.29, 0.717) is 22.8 Å². The number of hydrazone groups is 2. The Kier molecular flexibility index (Phi) is 8.94. The summed E-state index contributed by atoms with van der Waals surface area (Å²) in [6.45, 7) is 3.37. The Labute approximate surface area is 203 Å². The fourth-order valence-electron chi connectivity index (χ4n) is 2.67. The van der Waals surface area contributed by atoms with Gasteiger partial charge in [-0.2, -0.15) is 21.1 Å². The van der Waals surface area contributed by atoms with Crippen molar-refractivity contribution in [2.75, 3.05) is 0 Å². The molecule has 0 bridgehead atoms. The Bertz CT molecular complexity index is 1140. The average Bonchev–Trinajstić information content (AvgIpc) is 2.81. The van der Waals surface area contributed by atoms with Gasteiger partial charge in [-0.3, -0.25) is 9.59 Å². The molecule has 0 fully saturated rings. The minimum atomic E-state index is -0.363. The smallest absolute Gasteiger partial charge is 0.872 e. The molecule has 0 aliphatic rings. The minimum absolute atomic E-state index is 0. The summed E-state index contributed by atoms with van der Waals surface area (Å²) in [5.41, 5.74) is 7.06. The standard InChI is InChI=1S/C23H21N5O4.Zn/c1-14(25-27-22(31)16-8-3-5-12-20(16)29)18-10-7-11-19(24-18)15(2)26-28-23(32)17-9-4-6-13-21(17)30;/h3-13,29-30H,1-2H3,(H,27,31)(H,28,32);/q;+2. The SMILES string of the molecule is CC(=NNC(=[OH+])c1ccccc1[O-])c1cccc(C(C)=NNC(=[OH+])c2ccccc2[O-])n1.[Zn+2]. The second-order valence-electron chi connectivity index (χ2n) is 6.72. The van der Waals surface area contributed by atoms with Crippen molar-refractivity contribution in [3.05, 3.63) is 89.2 Å². The molecule has 0 unspecified atom stereocenters. The summed E-state index contributed by atoms with van der Waals surface area (Å²) < 4.78 is 0. The summed E-state index contributed by atoms with van der Waals surface area (Å²) in [6.07, 6.45) is 0. The number of hydrogen-bond donors (Lipinski definition) is 2. The van der Waals surface area contributed by atoms with Crippen LogP contribution in [0.15, 0.2) is 76.9 Å². The van der Waals surface area contributed by atoms with Crippen molar-refractivity contribution < 1.29 is 39.3 Å². The van der Waals surface area contributed by atoms with Crippen LogP contribution in [0.25, 0.3) is 0 Å². The molecule has 10 heteroatoms. The van der Waals surface area contributed by atoms with Gasteiger partial charge in [0.05, 0.1) is 33.9 Å². The molecule has 3 rings (SSSR count). The molecule has 2 amide bonds. The van der Waals surface area contributed by atoms with E-state index in [-0.39, 0.29) is 53.9 Å². The van der Waals surface area contributed by atoms with Gasteiger partial charge in [-0.05, 0) is 38.1 Å². The van der Waals surface area contributed by atoms with E-state index >= 15 is 0 Å². The first-order chi connectivity index (χ1) is 15.4. The summed E-state index contributed by atoms with van der Waals surface area (Å²) >= 11 is 0. The molecule has 162 valence electrons. The number of amides is 2. The maximum Gasteiger partial charge on any atom is 2.00 e. The third-order valence-electron chi connectivity index (χ3n) is 4.43. The summed E-state index contributed by atoms with van der Waals surface area (Å²) in [5, 5.41) is 31.7. The van der Waals surface area contributed by atoms with Gasteiger partial charge < -0.3 is 10.2 Å². The van der Waals surface area contributed by atoms with Gasteiger partial charge in [0.25, 0.3) is 0 Å². The molecule has 1 heterocycles. The zero-order chi connectivity index (χ0) is 23.1. The molecular formula is C23H21N5O4Zn+2. The third kappa shape index (κ3) is 6.54. The van der Waals surface area contributed by atoms with Crippen LogP contribution in [0.4, 0.5) is 0 Å². The van der Waals surface area contributed by atoms with Crippen molar-refractivity contribution >= 4 is 23.2 Å². The van der Waals surface area contributed by atoms with Crippen LogP contribution in [0.5, 0.6) is 11.5 Å². The Morgan fingerprint density at radius 1 is 0.697 bits per heavy atom. The number of pyridine rings is 1. The fourth-order valence-corrected chi connectivity index (χ4v) is 2.67. The van der Waals surface area contributed by atoms with Gasteiger partial charge in [0, 0.05) is 0 Å². The van der Waals surface area contributed by atoms with Gasteiger partial charge in [-0.25, -0.2) is 4.98 Å². The first-order valence-corrected chi connectivity index (χ1v) is 9.60. The van der Waals surface area contributed by atoms with Crippen LogP contribution in [0.1, 0.15) is 36.4 Å². The minimum Gasteiger partial charge on any atom is -0.872 e. The molecule has 3 aromatic rings. The largest absolute Gasteiger partial charge is 2.00 e. The van der Waals surface area contributed by atoms with E-state index in [1.54, 1.807) is 56.3 Å². The van der Waals surface area contributed by atoms with Crippen molar-refractivity contribution in [3.8, 4) is 11.5 Å². The summed E-state index contributed by atoms with van der Waals surface area (Å²) in [5.74, 6) is -1.38. The molecule has 0 aliphatic heterocycles. The van der Waals surface area contributed by atoms with E-state index in [1.807, 2.05) is 0 Å². The van der Waals surface area contributed by atoms with Gasteiger partial charge in [0.1, 0.15) is 0 Å². The first-order valence-electron chi connectivity index (χ1n) is 9.60. The van der Waals surface area contributed by atoms with Crippen LogP contribution in [0.3, 0.4) is 0 Å². The van der Waals surface area contributed by atoms with Crippen LogP contribution in [0.2, 0.25) is 0 Å². The first kappa shape index (κ1) is 25.4. The number of nitrogens with one attached hydrogen (secondary N) is 2. The maximum atomic E-state index is 11.8. The predicted octanol–water partition coefficient (Wildman–Crippen LogP) is 0.955. The van der Waals surface area contributed by atoms with Crippen molar-refractivity contribution in [2.24, 2.45) is 10.2 Å². The molecule has 33 heavy (non-hydrogen) atoms. The predicted molar refractivity (Wildman–Crippen MR) is 119 cm³/mol. The van der Waals surface area contributed by atoms with E-state index in [1.165, 1.54) is 24.3 Å². The molecule has 0 saturated heterocycles. The van der Waals surface area contributed by atoms with Gasteiger partial charge >= 0.3 is 31.3 Å². The Balaban J connectivity index is 0.00000385. The van der Waals surface area contributed by atoms with E-state index in [9.17, 15) is 19.8 Å². The van der Waals surface area contributed by atoms with Gasteiger partial charge in [0.15, 0.2) is 0 Å². The third-order valence-corrected chi connectivity index (χ3v) is 4.43. The number of para-hydroxylation sites is 2. The van der Waals surface area contributed by atoms with Gasteiger partial charge in [-0.1, -0.05) is 54.0 Å². The van der Waals surface area contributed by atoms with Crippen LogP contribution >= 0.6 is 0 Å². The number of carbonyl (C=O) groups excluding carboxylic acids is 2. The zero-order valence-corrected chi connectivity index (χ0v) is 21.1. The van der Waals surface area contributed by atoms with Crippen molar-refractivity contribution in [1.82, 2.24) is 15.8 Å². The van der Waals surface area contributed by atoms with Gasteiger partial charge in [0.2, 0.25) is 0 Å². The quantitative estimate of drug-likeness (QED) is 0.226. The van der Waals surface area contributed by atoms with E-state index in [2.05, 4.69) is 26.0 Å². The second kappa shape index (κ2) is 11.6. The molecule has 9 nitrogen and oxygen atoms in total. The molecule has 0 atom stereocenters. The van der Waals surface area contributed by atoms with Crippen LogP contribution < -0.4 is 21.1 Å². The van der Waals surface area contributed by atoms with Crippen molar-refractivity contribution in [3.63, 3.8) is 0 Å². The number of rotatable bonds is 6. The number of aromatic nitrogens is 1. The average molecular weight is 497 g/mol. The Morgan fingerprint density at radius 3 is 1.48 bits per heavy atom. The normalized spacial score (nSPS) is 11.3. The summed E-state index contributed by atoms with van der Waals surface area (Å²) in [7, 11) is 0. The monoisotopic (exact) mass is 495 g/mol. The molecule has 0 radical (unpaired) electrons. The molecule has 4 N–H and O–H groups in total. The zero-order valence-electron chi connectivity index (χ0n) is 18.1. The van der Waals surface area contributed by atoms with E-state index < -0.39 is 0 Å². The summed E-state index contributed by atoms with van der Waals surface area (Å²) in [6, 6.07) is 17.3. The van der Waals surface area contributed by atoms with Gasteiger partial charge in [-0.15, -0.1) is 0 Å². The molecule has 2 aromatic carbocycles. The second-order valence-corrected chi connectivity index (χ2v) is 6.72. The molecular weight excluding hydrogens is 476 g/mol. The summed E-state index contributed by atoms with van der Waals surface area (Å²) in [4.78, 5) is 24.6. The maximum absolute atomic E-state index is 11.8. The van der Waals surface area contributed by atoms with Crippen molar-refractivity contribution in [2.45, 2.75) is 13.8 Å². The van der Waals surface area contributed by atoms with E-state index in [4.69, 9.17) is 0 Å². The molecule has 0 aliphatic carbocycles. The number of benzene rings is 2. The topological polar surface area (TPSA) is 151 Å². The number of nitrogens with zero attached hydrogens (tertiary/aromatic N) is 3. The van der Waals surface area contributed by atoms with E-state index in [0.717, 1.165) is 0 Å². The molecule has 0 spiro atoms. The van der Waals surface area contributed by atoms with Crippen LogP contribution in [0, 0.1) is 0 Å². The Hall–Kier alpha value is -3.91. The molecule has 0 saturated carbocycles. The fraction of sp³-hybridized carbons (Fsp3) is 0.0870. The van der Waals surface area contributed by atoms with Crippen LogP contribution in [-0.2, 0) is 19.5 Å². The number of hydrogen-bond acceptors (Lipinski definition) is 5. The Morgan fingerprint density at radius 2 is 1.09 bits per heavy atom. The molecule has 1 aromatic heterocycles.